The van der Waals surface area contributed by atoms with Gasteiger partial charge in [0.2, 0.25) is 0 Å². The molecule has 0 aromatic heterocycles. The standard InChI is InChI=1S/C14H14O2.10CO.Cr.W/c1-15-11-3-5-13-7-9-14(10-8-13)6-4-12-16-2;10*1-2;;/h3-10H,1-2H3;;;;;;;;;;;;/b5-3+,6-4+;;;;;;;;;;;;. The van der Waals surface area contributed by atoms with E-state index in [1.807, 2.05) is 24.3 Å². The van der Waals surface area contributed by atoms with E-state index in [1.165, 1.54) is 19.4 Å². The fourth-order valence-corrected chi connectivity index (χ4v) is 1.53. The van der Waals surface area contributed by atoms with E-state index in [0.717, 1.165) is 19.8 Å². The Bertz CT molecular complexity index is 751. The number of hydrogen-bond acceptors (Lipinski definition) is 2. The van der Waals surface area contributed by atoms with Crippen LogP contribution in [0.1, 0.15) is 11.1 Å². The molecule has 0 radical (unpaired) electrons. The van der Waals surface area contributed by atoms with E-state index in [9.17, 15) is 0 Å². The third-order valence-corrected chi connectivity index (χ3v) is 3.72. The average Bonchev–Trinajstić information content (AvgIpc) is 3.08. The minimum atomic E-state index is 0.771. The van der Waals surface area contributed by atoms with Crippen LogP contribution < -0.4 is 0 Å². The number of benzene rings is 1. The predicted molar refractivity (Wildman–Crippen MR) is 108 cm³/mol. The molecular formula is C24H14CrO12W. The first-order chi connectivity index (χ1) is 18.7. The van der Waals surface area contributed by atoms with Gasteiger partial charge in [-0.25, -0.2) is 0 Å². The van der Waals surface area contributed by atoms with Crippen molar-refractivity contribution < 1.29 is 91.2 Å². The maximum atomic E-state index is 7.50. The SMILES string of the molecule is CO[C](=[Cr])/C=C/c1ccc(/C=C/[C](=[W])OC)cc1.[C-]#[O+].[C-]#[O+].[C-]#[O+].[C-]#[O+].[C-]#[O+].[C-]#[O+].[C-]#[O+].[C-]#[O+].[C-]#[O+].[C-]#[O+]. The fraction of sp³-hybridized carbons (Fsp3) is 0.0833. The van der Waals surface area contributed by atoms with Crippen LogP contribution in [0.4, 0.5) is 0 Å². The minimum absolute atomic E-state index is 0.771. The Labute approximate surface area is 239 Å². The third-order valence-electron chi connectivity index (χ3n) is 2.16. The Morgan fingerprint density at radius 2 is 0.789 bits per heavy atom. The van der Waals surface area contributed by atoms with Gasteiger partial charge in [0.1, 0.15) is 0 Å². The van der Waals surface area contributed by atoms with E-state index in [0.29, 0.717) is 0 Å². The predicted octanol–water partition coefficient (Wildman–Crippen LogP) is 1.98. The normalized spacial score (nSPS) is 5.84. The average molecular weight is 730 g/mol. The summed E-state index contributed by atoms with van der Waals surface area (Å²) in [6, 6.07) is 8.27. The third kappa shape index (κ3) is 76.6. The van der Waals surface area contributed by atoms with E-state index in [4.69, 9.17) is 56.0 Å². The molecule has 0 atom stereocenters. The molecule has 14 heteroatoms. The molecular weight excluding hydrogens is 716 g/mol. The van der Waals surface area contributed by atoms with Crippen molar-refractivity contribution in [3.8, 4) is 0 Å². The summed E-state index contributed by atoms with van der Waals surface area (Å²) >= 11 is 4.15. The van der Waals surface area contributed by atoms with Crippen LogP contribution in [0.5, 0.6) is 0 Å². The second-order valence-corrected chi connectivity index (χ2v) is 5.45. The molecule has 38 heavy (non-hydrogen) atoms. The van der Waals surface area contributed by atoms with Crippen LogP contribution >= 0.6 is 0 Å². The van der Waals surface area contributed by atoms with E-state index < -0.39 is 0 Å². The molecule has 0 N–H and O–H groups in total. The molecule has 0 heterocycles. The van der Waals surface area contributed by atoms with Crippen molar-refractivity contribution in [3.63, 3.8) is 0 Å². The van der Waals surface area contributed by atoms with Gasteiger partial charge in [-0.1, -0.05) is 0 Å². The quantitative estimate of drug-likeness (QED) is 0.317. The monoisotopic (exact) mass is 730 g/mol. The molecule has 194 valence electrons. The van der Waals surface area contributed by atoms with Crippen molar-refractivity contribution in [1.82, 2.24) is 0 Å². The molecule has 1 rings (SSSR count). The second kappa shape index (κ2) is 103. The summed E-state index contributed by atoms with van der Waals surface area (Å²) in [6.45, 7) is 45.0. The van der Waals surface area contributed by atoms with Gasteiger partial charge >= 0.3 is 240 Å². The molecule has 0 aliphatic carbocycles. The molecule has 1 aromatic rings. The van der Waals surface area contributed by atoms with Gasteiger partial charge in [0.25, 0.3) is 0 Å². The van der Waals surface area contributed by atoms with E-state index in [1.54, 1.807) is 14.2 Å². The summed E-state index contributed by atoms with van der Waals surface area (Å²) in [5, 5.41) is 0. The van der Waals surface area contributed by atoms with Crippen LogP contribution in [0, 0.1) is 66.5 Å². The molecule has 1 aromatic carbocycles. The van der Waals surface area contributed by atoms with Crippen LogP contribution in [0.2, 0.25) is 0 Å². The molecule has 0 aliphatic heterocycles. The van der Waals surface area contributed by atoms with Gasteiger partial charge in [-0.15, -0.1) is 0 Å². The van der Waals surface area contributed by atoms with E-state index >= 15 is 0 Å². The molecule has 0 aliphatic rings. The van der Waals surface area contributed by atoms with Crippen molar-refractivity contribution in [3.05, 3.63) is 114 Å². The maximum absolute atomic E-state index is 7.50. The first-order valence-corrected chi connectivity index (χ1v) is 9.42. The van der Waals surface area contributed by atoms with Gasteiger partial charge in [-0.2, -0.15) is 0 Å². The zero-order valence-electron chi connectivity index (χ0n) is 19.3. The summed E-state index contributed by atoms with van der Waals surface area (Å²) in [6.07, 6.45) is 7.92. The Balaban J connectivity index is -0.0000000412. The Morgan fingerprint density at radius 3 is 1.00 bits per heavy atom. The van der Waals surface area contributed by atoms with Crippen LogP contribution in [0.15, 0.2) is 36.4 Å². The van der Waals surface area contributed by atoms with E-state index in [2.05, 4.69) is 107 Å². The van der Waals surface area contributed by atoms with Gasteiger partial charge in [0, 0.05) is 0 Å². The van der Waals surface area contributed by atoms with Crippen LogP contribution in [0.25, 0.3) is 12.2 Å². The van der Waals surface area contributed by atoms with Crippen LogP contribution in [-0.2, 0) is 91.2 Å². The molecule has 12 nitrogen and oxygen atoms in total. The zero-order valence-corrected chi connectivity index (χ0v) is 23.5. The van der Waals surface area contributed by atoms with Crippen molar-refractivity contribution in [2.24, 2.45) is 0 Å². The van der Waals surface area contributed by atoms with Gasteiger partial charge in [0.05, 0.1) is 0 Å². The Morgan fingerprint density at radius 1 is 0.553 bits per heavy atom. The summed E-state index contributed by atoms with van der Waals surface area (Å²) in [5.41, 5.74) is 2.29. The van der Waals surface area contributed by atoms with Crippen LogP contribution in [-0.4, -0.2) is 22.9 Å². The van der Waals surface area contributed by atoms with Crippen molar-refractivity contribution >= 4 is 20.8 Å². The molecule has 0 bridgehead atoms. The first-order valence-electron chi connectivity index (χ1n) is 7.32. The fourth-order valence-electron chi connectivity index (χ4n) is 1.18. The summed E-state index contributed by atoms with van der Waals surface area (Å²) in [7, 11) is 3.33. The zero-order chi connectivity index (χ0) is 33.4. The molecule has 0 saturated heterocycles. The second-order valence-electron chi connectivity index (χ2n) is 3.38. The number of ether oxygens (including phenoxy) is 2. The molecule has 0 saturated carbocycles. The number of hydrogen-bond donors (Lipinski definition) is 0. The number of rotatable bonds is 6. The molecule has 0 amide bonds. The summed E-state index contributed by atoms with van der Waals surface area (Å²) in [5.74, 6) is 0. The first kappa shape index (κ1) is 64.7. The Hall–Kier alpha value is -3.02. The van der Waals surface area contributed by atoms with Crippen molar-refractivity contribution in [2.75, 3.05) is 14.2 Å². The summed E-state index contributed by atoms with van der Waals surface area (Å²) < 4.78 is 86.9. The van der Waals surface area contributed by atoms with Crippen LogP contribution in [0.3, 0.4) is 0 Å². The van der Waals surface area contributed by atoms with Gasteiger partial charge in [-0.05, 0) is 0 Å². The summed E-state index contributed by atoms with van der Waals surface area (Å²) in [4.78, 5) is 0. The Kier molecular flexibility index (Phi) is 175. The van der Waals surface area contributed by atoms with Gasteiger partial charge in [0.15, 0.2) is 0 Å². The van der Waals surface area contributed by atoms with Gasteiger partial charge < -0.3 is 0 Å². The number of methoxy groups -OCH3 is 2. The van der Waals surface area contributed by atoms with Crippen molar-refractivity contribution in [2.45, 2.75) is 0 Å². The van der Waals surface area contributed by atoms with Crippen molar-refractivity contribution in [1.29, 1.82) is 0 Å². The molecule has 0 unspecified atom stereocenters. The molecule has 0 fully saturated rings. The molecule has 0 spiro atoms. The van der Waals surface area contributed by atoms with E-state index in [-0.39, 0.29) is 0 Å². The van der Waals surface area contributed by atoms with Gasteiger partial charge in [-0.3, -0.25) is 0 Å². The topological polar surface area (TPSA) is 217 Å².